The van der Waals surface area contributed by atoms with Crippen molar-refractivity contribution in [1.29, 1.82) is 0 Å². The van der Waals surface area contributed by atoms with Gasteiger partial charge < -0.3 is 10.0 Å². The Labute approximate surface area is 134 Å². The minimum Gasteiger partial charge on any atom is -0.481 e. The van der Waals surface area contributed by atoms with Crippen LogP contribution in [0.25, 0.3) is 0 Å². The number of carboxylic acids is 1. The van der Waals surface area contributed by atoms with E-state index in [1.165, 1.54) is 6.07 Å². The van der Waals surface area contributed by atoms with Crippen molar-refractivity contribution in [3.8, 4) is 0 Å². The van der Waals surface area contributed by atoms with Gasteiger partial charge in [-0.2, -0.15) is 0 Å². The number of fused-ring (bicyclic) bond motifs is 1. The monoisotopic (exact) mass is 338 g/mol. The maximum Gasteiger partial charge on any atom is 0.304 e. The number of nitrogens with one attached hydrogen (secondary N) is 1. The summed E-state index contributed by atoms with van der Waals surface area (Å²) in [4.78, 5) is 24.5. The highest BCUT2D eigenvalue weighted by Crippen LogP contribution is 2.37. The summed E-state index contributed by atoms with van der Waals surface area (Å²) < 4.78 is 26.6. The lowest BCUT2D eigenvalue weighted by Crippen LogP contribution is -2.30. The van der Waals surface area contributed by atoms with Gasteiger partial charge in [-0.1, -0.05) is 0 Å². The van der Waals surface area contributed by atoms with E-state index in [4.69, 9.17) is 5.11 Å². The second-order valence-electron chi connectivity index (χ2n) is 5.85. The van der Waals surface area contributed by atoms with Crippen LogP contribution in [0.4, 0.5) is 5.69 Å². The van der Waals surface area contributed by atoms with E-state index in [9.17, 15) is 18.0 Å². The molecular formula is C15H18N2O5S. The minimum absolute atomic E-state index is 0.0994. The Morgan fingerprint density at radius 1 is 1.30 bits per heavy atom. The van der Waals surface area contributed by atoms with Gasteiger partial charge in [0, 0.05) is 24.7 Å². The Morgan fingerprint density at radius 3 is 2.70 bits per heavy atom. The Morgan fingerprint density at radius 2 is 2.04 bits per heavy atom. The van der Waals surface area contributed by atoms with Gasteiger partial charge >= 0.3 is 5.97 Å². The molecule has 1 aromatic carbocycles. The minimum atomic E-state index is -3.74. The highest BCUT2D eigenvalue weighted by molar-refractivity contribution is 7.89. The van der Waals surface area contributed by atoms with Crippen LogP contribution in [0.1, 0.15) is 24.8 Å². The first kappa shape index (κ1) is 15.9. The molecule has 0 radical (unpaired) electrons. The van der Waals surface area contributed by atoms with Crippen molar-refractivity contribution < 1.29 is 23.1 Å². The molecule has 0 spiro atoms. The van der Waals surface area contributed by atoms with E-state index in [2.05, 4.69) is 4.72 Å². The number of carbonyl (C=O) groups is 2. The summed E-state index contributed by atoms with van der Waals surface area (Å²) in [6.45, 7) is 0.432. The van der Waals surface area contributed by atoms with Gasteiger partial charge in [-0.05, 0) is 43.0 Å². The fraction of sp³-hybridized carbons (Fsp3) is 0.467. The number of sulfonamides is 1. The first-order valence-corrected chi connectivity index (χ1v) is 9.02. The van der Waals surface area contributed by atoms with Crippen molar-refractivity contribution in [3.05, 3.63) is 23.8 Å². The molecule has 0 unspecified atom stereocenters. The quantitative estimate of drug-likeness (QED) is 0.796. The first-order chi connectivity index (χ1) is 10.9. The van der Waals surface area contributed by atoms with Crippen molar-refractivity contribution >= 4 is 27.6 Å². The smallest absolute Gasteiger partial charge is 0.304 e. The van der Waals surface area contributed by atoms with Gasteiger partial charge in [0.1, 0.15) is 0 Å². The number of amides is 1. The van der Waals surface area contributed by atoms with E-state index in [-0.39, 0.29) is 29.7 Å². The number of benzene rings is 1. The van der Waals surface area contributed by atoms with E-state index in [1.54, 1.807) is 17.0 Å². The fourth-order valence-electron chi connectivity index (χ4n) is 2.70. The summed E-state index contributed by atoms with van der Waals surface area (Å²) in [5.41, 5.74) is 1.62. The van der Waals surface area contributed by atoms with Crippen LogP contribution >= 0.6 is 0 Å². The van der Waals surface area contributed by atoms with Crippen LogP contribution in [0.15, 0.2) is 23.1 Å². The van der Waals surface area contributed by atoms with Gasteiger partial charge in [0.25, 0.3) is 0 Å². The maximum atomic E-state index is 12.2. The molecule has 8 heteroatoms. The second-order valence-corrected chi connectivity index (χ2v) is 7.61. The number of hydrogen-bond acceptors (Lipinski definition) is 4. The number of anilines is 1. The molecule has 1 amide bonds. The largest absolute Gasteiger partial charge is 0.481 e. The molecule has 1 aliphatic heterocycles. The molecule has 0 bridgehead atoms. The molecule has 2 N–H and O–H groups in total. The van der Waals surface area contributed by atoms with Crippen molar-refractivity contribution in [3.63, 3.8) is 0 Å². The average molecular weight is 338 g/mol. The predicted octanol–water partition coefficient (Wildman–Crippen LogP) is 0.739. The van der Waals surface area contributed by atoms with E-state index in [0.717, 1.165) is 24.1 Å². The number of nitrogens with zero attached hydrogens (tertiary/aromatic N) is 1. The molecule has 124 valence electrons. The summed E-state index contributed by atoms with van der Waals surface area (Å²) in [6.07, 6.45) is 2.23. The zero-order chi connectivity index (χ0) is 16.6. The molecule has 7 nitrogen and oxygen atoms in total. The zero-order valence-electron chi connectivity index (χ0n) is 12.5. The summed E-state index contributed by atoms with van der Waals surface area (Å²) in [5.74, 6) is -0.808. The molecular weight excluding hydrogens is 320 g/mol. The molecule has 0 atom stereocenters. The molecule has 1 saturated carbocycles. The number of carboxylic acid groups (broad SMARTS) is 1. The van der Waals surface area contributed by atoms with Crippen LogP contribution in [0, 0.1) is 5.92 Å². The third-order valence-electron chi connectivity index (χ3n) is 4.08. The van der Waals surface area contributed by atoms with Crippen LogP contribution in [-0.4, -0.2) is 38.5 Å². The molecule has 1 heterocycles. The second kappa shape index (κ2) is 5.93. The Balaban J connectivity index is 1.76. The van der Waals surface area contributed by atoms with Gasteiger partial charge in [-0.15, -0.1) is 0 Å². The molecule has 1 aromatic rings. The fourth-order valence-corrected chi connectivity index (χ4v) is 3.78. The van der Waals surface area contributed by atoms with E-state index >= 15 is 0 Å². The topological polar surface area (TPSA) is 104 Å². The molecule has 0 aromatic heterocycles. The zero-order valence-corrected chi connectivity index (χ0v) is 13.3. The van der Waals surface area contributed by atoms with Gasteiger partial charge in [0.05, 0.1) is 11.3 Å². The predicted molar refractivity (Wildman–Crippen MR) is 82.7 cm³/mol. The number of aliphatic carboxylic acids is 1. The molecule has 1 aliphatic carbocycles. The Hall–Kier alpha value is -1.93. The van der Waals surface area contributed by atoms with Gasteiger partial charge in [-0.3, -0.25) is 9.59 Å². The summed E-state index contributed by atoms with van der Waals surface area (Å²) in [6, 6.07) is 4.69. The third-order valence-corrected chi connectivity index (χ3v) is 5.54. The normalized spacial score (nSPS) is 17.1. The molecule has 23 heavy (non-hydrogen) atoms. The van der Waals surface area contributed by atoms with Crippen molar-refractivity contribution in [2.45, 2.75) is 30.6 Å². The lowest BCUT2D eigenvalue weighted by atomic mass is 10.2. The van der Waals surface area contributed by atoms with E-state index < -0.39 is 16.0 Å². The summed E-state index contributed by atoms with van der Waals surface area (Å²) in [5, 5.41) is 8.57. The number of rotatable bonds is 6. The summed E-state index contributed by atoms with van der Waals surface area (Å²) >= 11 is 0. The van der Waals surface area contributed by atoms with Gasteiger partial charge in [-0.25, -0.2) is 13.1 Å². The van der Waals surface area contributed by atoms with Crippen LogP contribution in [0.5, 0.6) is 0 Å². The maximum absolute atomic E-state index is 12.2. The Kier molecular flexibility index (Phi) is 4.11. The van der Waals surface area contributed by atoms with Crippen LogP contribution in [-0.2, 0) is 26.0 Å². The van der Waals surface area contributed by atoms with Crippen molar-refractivity contribution in [2.75, 3.05) is 18.0 Å². The molecule has 0 saturated heterocycles. The molecule has 3 rings (SSSR count). The van der Waals surface area contributed by atoms with Crippen LogP contribution < -0.4 is 9.62 Å². The highest BCUT2D eigenvalue weighted by atomic mass is 32.2. The standard InChI is InChI=1S/C15H18N2O5S/c18-14(19)5-7-16-23(21,22)12-3-4-13-11(9-12)6-8-17(13)15(20)10-1-2-10/h3-4,9-10,16H,1-2,5-8H2,(H,18,19). The summed E-state index contributed by atoms with van der Waals surface area (Å²) in [7, 11) is -3.74. The van der Waals surface area contributed by atoms with Crippen LogP contribution in [0.3, 0.4) is 0 Å². The van der Waals surface area contributed by atoms with Gasteiger partial charge in [0.15, 0.2) is 0 Å². The van der Waals surface area contributed by atoms with Crippen molar-refractivity contribution in [2.24, 2.45) is 5.92 Å². The molecule has 1 fully saturated rings. The lowest BCUT2D eigenvalue weighted by Gasteiger charge is -2.17. The molecule has 2 aliphatic rings. The number of hydrogen-bond donors (Lipinski definition) is 2. The third kappa shape index (κ3) is 3.37. The van der Waals surface area contributed by atoms with Crippen LogP contribution in [0.2, 0.25) is 0 Å². The van der Waals surface area contributed by atoms with E-state index in [1.807, 2.05) is 0 Å². The highest BCUT2D eigenvalue weighted by Gasteiger charge is 2.36. The average Bonchev–Trinajstić information content (AvgIpc) is 3.25. The lowest BCUT2D eigenvalue weighted by molar-refractivity contribution is -0.136. The number of carbonyl (C=O) groups excluding carboxylic acids is 1. The Bertz CT molecular complexity index is 755. The van der Waals surface area contributed by atoms with Crippen molar-refractivity contribution in [1.82, 2.24) is 4.72 Å². The van der Waals surface area contributed by atoms with E-state index in [0.29, 0.717) is 13.0 Å². The van der Waals surface area contributed by atoms with Gasteiger partial charge in [0.2, 0.25) is 15.9 Å². The SMILES string of the molecule is O=C(O)CCNS(=O)(=O)c1ccc2c(c1)CCN2C(=O)C1CC1. The first-order valence-electron chi connectivity index (χ1n) is 7.54.